The van der Waals surface area contributed by atoms with E-state index in [0.717, 1.165) is 19.4 Å². The van der Waals surface area contributed by atoms with Gasteiger partial charge in [-0.2, -0.15) is 0 Å². The first-order valence-electron chi connectivity index (χ1n) is 4.98. The second-order valence-electron chi connectivity index (χ2n) is 3.67. The van der Waals surface area contributed by atoms with Crippen LogP contribution in [0.15, 0.2) is 12.1 Å². The molecule has 1 heterocycles. The Morgan fingerprint density at radius 1 is 1.33 bits per heavy atom. The summed E-state index contributed by atoms with van der Waals surface area (Å²) in [6.45, 7) is 0.903. The molecule has 4 heteroatoms. The molecule has 0 amide bonds. The number of nitrogens with one attached hydrogen (secondary N) is 1. The van der Waals surface area contributed by atoms with Crippen molar-refractivity contribution < 1.29 is 13.5 Å². The van der Waals surface area contributed by atoms with Gasteiger partial charge in [-0.05, 0) is 37.1 Å². The van der Waals surface area contributed by atoms with E-state index in [-0.39, 0.29) is 11.8 Å². The molecule has 0 aliphatic carbocycles. The van der Waals surface area contributed by atoms with Crippen LogP contribution in [0.3, 0.4) is 0 Å². The highest BCUT2D eigenvalue weighted by molar-refractivity contribution is 5.33. The Bertz CT molecular complexity index is 339. The van der Waals surface area contributed by atoms with Gasteiger partial charge in [-0.25, -0.2) is 8.78 Å². The van der Waals surface area contributed by atoms with Crippen molar-refractivity contribution in [3.8, 4) is 5.75 Å². The molecular weight excluding hydrogens is 200 g/mol. The van der Waals surface area contributed by atoms with Gasteiger partial charge in [-0.15, -0.1) is 0 Å². The van der Waals surface area contributed by atoms with Crippen LogP contribution in [0.25, 0.3) is 0 Å². The zero-order valence-corrected chi connectivity index (χ0v) is 8.52. The highest BCUT2D eigenvalue weighted by atomic mass is 19.1. The Morgan fingerprint density at radius 2 is 2.00 bits per heavy atom. The molecular formula is C11H13F2NO. The zero-order chi connectivity index (χ0) is 10.8. The van der Waals surface area contributed by atoms with E-state index in [1.165, 1.54) is 19.2 Å². The predicted octanol–water partition coefficient (Wildman–Crippen LogP) is 2.40. The summed E-state index contributed by atoms with van der Waals surface area (Å²) in [6.07, 6.45) is 1.96. The molecule has 0 saturated carbocycles. The van der Waals surface area contributed by atoms with Crippen LogP contribution in [0.5, 0.6) is 5.75 Å². The van der Waals surface area contributed by atoms with Crippen LogP contribution >= 0.6 is 0 Å². The van der Waals surface area contributed by atoms with Gasteiger partial charge >= 0.3 is 0 Å². The minimum Gasteiger partial charge on any atom is -0.491 e. The predicted molar refractivity (Wildman–Crippen MR) is 52.9 cm³/mol. The third-order valence-electron chi connectivity index (χ3n) is 2.69. The molecule has 1 N–H and O–H groups in total. The van der Waals surface area contributed by atoms with Crippen LogP contribution in [0.4, 0.5) is 8.78 Å². The van der Waals surface area contributed by atoms with Crippen molar-refractivity contribution >= 4 is 0 Å². The SMILES string of the molecule is COc1c(F)cc([C@@H]2CCCN2)cc1F. The molecule has 1 fully saturated rings. The molecule has 0 radical (unpaired) electrons. The van der Waals surface area contributed by atoms with E-state index in [9.17, 15) is 8.78 Å². The fraction of sp³-hybridized carbons (Fsp3) is 0.455. The van der Waals surface area contributed by atoms with Crippen molar-refractivity contribution in [1.82, 2.24) is 5.32 Å². The van der Waals surface area contributed by atoms with Crippen molar-refractivity contribution in [1.29, 1.82) is 0 Å². The van der Waals surface area contributed by atoms with Crippen molar-refractivity contribution in [2.45, 2.75) is 18.9 Å². The molecule has 1 aliphatic rings. The van der Waals surface area contributed by atoms with Gasteiger partial charge in [0.15, 0.2) is 17.4 Å². The summed E-state index contributed by atoms with van der Waals surface area (Å²) in [6, 6.07) is 2.75. The van der Waals surface area contributed by atoms with Crippen molar-refractivity contribution in [3.63, 3.8) is 0 Å². The molecule has 1 saturated heterocycles. The van der Waals surface area contributed by atoms with Crippen molar-refractivity contribution in [2.75, 3.05) is 13.7 Å². The quantitative estimate of drug-likeness (QED) is 0.814. The zero-order valence-electron chi connectivity index (χ0n) is 8.52. The van der Waals surface area contributed by atoms with Crippen LogP contribution in [-0.2, 0) is 0 Å². The highest BCUT2D eigenvalue weighted by Gasteiger charge is 2.20. The first kappa shape index (κ1) is 10.4. The molecule has 1 atom stereocenters. The fourth-order valence-electron chi connectivity index (χ4n) is 1.94. The maximum absolute atomic E-state index is 13.4. The second-order valence-corrected chi connectivity index (χ2v) is 3.67. The molecule has 1 aromatic carbocycles. The van der Waals surface area contributed by atoms with Gasteiger partial charge in [0.2, 0.25) is 0 Å². The Kier molecular flexibility index (Phi) is 2.86. The van der Waals surface area contributed by atoms with Gasteiger partial charge in [0.1, 0.15) is 0 Å². The summed E-state index contributed by atoms with van der Waals surface area (Å²) in [5, 5.41) is 3.19. The topological polar surface area (TPSA) is 21.3 Å². The van der Waals surface area contributed by atoms with E-state index in [0.29, 0.717) is 5.56 Å². The average molecular weight is 213 g/mol. The Balaban J connectivity index is 2.33. The molecule has 15 heavy (non-hydrogen) atoms. The number of benzene rings is 1. The molecule has 1 aliphatic heterocycles. The third kappa shape index (κ3) is 1.95. The number of methoxy groups -OCH3 is 1. The van der Waals surface area contributed by atoms with Crippen LogP contribution in [0.2, 0.25) is 0 Å². The lowest BCUT2D eigenvalue weighted by atomic mass is 10.0. The maximum Gasteiger partial charge on any atom is 0.190 e. The molecule has 0 spiro atoms. The Hall–Kier alpha value is -1.16. The largest absolute Gasteiger partial charge is 0.491 e. The fourth-order valence-corrected chi connectivity index (χ4v) is 1.94. The molecule has 82 valence electrons. The molecule has 1 aromatic rings. The molecule has 2 nitrogen and oxygen atoms in total. The van der Waals surface area contributed by atoms with E-state index in [2.05, 4.69) is 10.1 Å². The molecule has 0 unspecified atom stereocenters. The van der Waals surface area contributed by atoms with Gasteiger partial charge in [0, 0.05) is 6.04 Å². The van der Waals surface area contributed by atoms with Crippen LogP contribution in [0.1, 0.15) is 24.4 Å². The van der Waals surface area contributed by atoms with Crippen LogP contribution in [-0.4, -0.2) is 13.7 Å². The lowest BCUT2D eigenvalue weighted by Crippen LogP contribution is -2.13. The van der Waals surface area contributed by atoms with Crippen molar-refractivity contribution in [3.05, 3.63) is 29.3 Å². The van der Waals surface area contributed by atoms with E-state index >= 15 is 0 Å². The summed E-state index contributed by atoms with van der Waals surface area (Å²) >= 11 is 0. The van der Waals surface area contributed by atoms with Gasteiger partial charge in [-0.3, -0.25) is 0 Å². The monoisotopic (exact) mass is 213 g/mol. The normalized spacial score (nSPS) is 20.6. The molecule has 2 rings (SSSR count). The van der Waals surface area contributed by atoms with Crippen LogP contribution in [0, 0.1) is 11.6 Å². The lowest BCUT2D eigenvalue weighted by molar-refractivity contribution is 0.358. The van der Waals surface area contributed by atoms with E-state index < -0.39 is 11.6 Å². The first-order chi connectivity index (χ1) is 7.22. The maximum atomic E-state index is 13.4. The summed E-state index contributed by atoms with van der Waals surface area (Å²) in [7, 11) is 1.26. The summed E-state index contributed by atoms with van der Waals surface area (Å²) in [5.74, 6) is -1.58. The minimum absolute atomic E-state index is 0.0694. The second kappa shape index (κ2) is 4.14. The van der Waals surface area contributed by atoms with E-state index in [4.69, 9.17) is 0 Å². The van der Waals surface area contributed by atoms with Gasteiger partial charge < -0.3 is 10.1 Å². The highest BCUT2D eigenvalue weighted by Crippen LogP contribution is 2.29. The van der Waals surface area contributed by atoms with Gasteiger partial charge in [0.25, 0.3) is 0 Å². The number of rotatable bonds is 2. The summed E-state index contributed by atoms with van der Waals surface area (Å²) in [5.41, 5.74) is 0.656. The standard InChI is InChI=1S/C11H13F2NO/c1-15-11-8(12)5-7(6-9(11)13)10-3-2-4-14-10/h5-6,10,14H,2-4H2,1H3/t10-/m0/s1. The van der Waals surface area contributed by atoms with Crippen LogP contribution < -0.4 is 10.1 Å². The lowest BCUT2D eigenvalue weighted by Gasteiger charge is -2.12. The minimum atomic E-state index is -0.638. The van der Waals surface area contributed by atoms with Gasteiger partial charge in [0.05, 0.1) is 7.11 Å². The smallest absolute Gasteiger partial charge is 0.190 e. The number of hydrogen-bond donors (Lipinski definition) is 1. The van der Waals surface area contributed by atoms with E-state index in [1.807, 2.05) is 0 Å². The van der Waals surface area contributed by atoms with E-state index in [1.54, 1.807) is 0 Å². The molecule has 0 bridgehead atoms. The number of ether oxygens (including phenoxy) is 1. The first-order valence-corrected chi connectivity index (χ1v) is 4.98. The van der Waals surface area contributed by atoms with Gasteiger partial charge in [-0.1, -0.05) is 0 Å². The third-order valence-corrected chi connectivity index (χ3v) is 2.69. The summed E-state index contributed by atoms with van der Waals surface area (Å²) in [4.78, 5) is 0. The Labute approximate surface area is 87.2 Å². The summed E-state index contributed by atoms with van der Waals surface area (Å²) < 4.78 is 31.4. The van der Waals surface area contributed by atoms with Crippen molar-refractivity contribution in [2.24, 2.45) is 0 Å². The number of halogens is 2. The number of hydrogen-bond acceptors (Lipinski definition) is 2. The Morgan fingerprint density at radius 3 is 2.47 bits per heavy atom. The average Bonchev–Trinajstić information content (AvgIpc) is 2.69. The molecule has 0 aromatic heterocycles.